The topological polar surface area (TPSA) is 69.9 Å². The van der Waals surface area contributed by atoms with Crippen molar-refractivity contribution in [2.75, 3.05) is 11.2 Å². The summed E-state index contributed by atoms with van der Waals surface area (Å²) in [6.07, 6.45) is 1.09. The molecule has 0 radical (unpaired) electrons. The maximum atomic E-state index is 12.9. The fourth-order valence-corrected chi connectivity index (χ4v) is 4.27. The molecule has 3 aromatic rings. The van der Waals surface area contributed by atoms with Crippen molar-refractivity contribution in [2.45, 2.75) is 18.2 Å². The summed E-state index contributed by atoms with van der Waals surface area (Å²) in [5.74, 6) is -0.200. The zero-order valence-corrected chi connectivity index (χ0v) is 17.3. The second-order valence-electron chi connectivity index (χ2n) is 6.20. The monoisotopic (exact) mass is 433 g/mol. The number of amides is 1. The molecule has 6 nitrogen and oxygen atoms in total. The van der Waals surface area contributed by atoms with Gasteiger partial charge in [0.15, 0.2) is 0 Å². The molecule has 1 aromatic heterocycles. The Hall–Kier alpha value is -2.35. The molecule has 28 heavy (non-hydrogen) atoms. The average Bonchev–Trinajstić information content (AvgIpc) is 2.66. The number of carbonyl (C=O) groups is 1. The van der Waals surface area contributed by atoms with Gasteiger partial charge in [-0.3, -0.25) is 14.6 Å². The molecule has 1 aliphatic heterocycles. The summed E-state index contributed by atoms with van der Waals surface area (Å²) in [6, 6.07) is 12.3. The highest BCUT2D eigenvalue weighted by Gasteiger charge is 2.45. The highest BCUT2D eigenvalue weighted by atomic mass is 35.5. The summed E-state index contributed by atoms with van der Waals surface area (Å²) in [4.78, 5) is 30.0. The van der Waals surface area contributed by atoms with Gasteiger partial charge in [-0.25, -0.2) is 4.90 Å². The lowest BCUT2D eigenvalue weighted by Gasteiger charge is -2.31. The molecule has 0 spiro atoms. The van der Waals surface area contributed by atoms with Gasteiger partial charge >= 0.3 is 11.3 Å². The third-order valence-corrected chi connectivity index (χ3v) is 5.66. The predicted molar refractivity (Wildman–Crippen MR) is 110 cm³/mol. The van der Waals surface area contributed by atoms with Crippen LogP contribution in [0.5, 0.6) is 0 Å². The Morgan fingerprint density at radius 1 is 1.25 bits per heavy atom. The molecule has 0 saturated carbocycles. The number of carbonyl (C=O) groups excluding carboxylic acids is 1. The number of aromatic nitrogens is 3. The summed E-state index contributed by atoms with van der Waals surface area (Å²) in [5, 5.41) is 5.88. The fourth-order valence-electron chi connectivity index (χ4n) is 3.40. The molecule has 0 saturated heterocycles. The van der Waals surface area contributed by atoms with Crippen LogP contribution in [0.15, 0.2) is 52.4 Å². The van der Waals surface area contributed by atoms with Crippen LogP contribution in [-0.2, 0) is 4.79 Å². The Bertz CT molecular complexity index is 1160. The van der Waals surface area contributed by atoms with Crippen LogP contribution < -0.4 is 15.1 Å². The molecule has 4 rings (SSSR count). The normalized spacial score (nSPS) is 15.1. The number of nitrogens with zero attached hydrogens (tertiary/aromatic N) is 3. The van der Waals surface area contributed by atoms with Crippen molar-refractivity contribution in [3.8, 4) is 11.3 Å². The first-order valence-corrected chi connectivity index (χ1v) is 10.3. The summed E-state index contributed by atoms with van der Waals surface area (Å²) >= 11 is 13.9. The molecule has 1 amide bonds. The van der Waals surface area contributed by atoms with Crippen molar-refractivity contribution < 1.29 is 9.48 Å². The second kappa shape index (κ2) is 7.24. The largest absolute Gasteiger partial charge is 0.325 e. The molecule has 1 atom stereocenters. The van der Waals surface area contributed by atoms with Crippen LogP contribution >= 0.6 is 35.0 Å². The quantitative estimate of drug-likeness (QED) is 0.494. The Balaban J connectivity index is 2.11. The van der Waals surface area contributed by atoms with Gasteiger partial charge in [-0.1, -0.05) is 47.1 Å². The number of para-hydroxylation sites is 1. The number of anilines is 1. The molecule has 0 fully saturated rings. The van der Waals surface area contributed by atoms with E-state index in [1.54, 1.807) is 39.9 Å². The first-order chi connectivity index (χ1) is 13.4. The van der Waals surface area contributed by atoms with E-state index in [4.69, 9.17) is 23.2 Å². The van der Waals surface area contributed by atoms with Crippen molar-refractivity contribution in [2.24, 2.45) is 0 Å². The van der Waals surface area contributed by atoms with E-state index in [2.05, 4.69) is 10.1 Å². The first kappa shape index (κ1) is 19.0. The summed E-state index contributed by atoms with van der Waals surface area (Å²) in [6.45, 7) is 1.47. The van der Waals surface area contributed by atoms with Gasteiger partial charge in [-0.05, 0) is 41.3 Å². The van der Waals surface area contributed by atoms with Gasteiger partial charge in [0, 0.05) is 17.0 Å². The van der Waals surface area contributed by atoms with Gasteiger partial charge in [0.2, 0.25) is 11.1 Å². The van der Waals surface area contributed by atoms with Crippen LogP contribution in [-0.4, -0.2) is 22.2 Å². The lowest BCUT2D eigenvalue weighted by molar-refractivity contribution is -0.763. The van der Waals surface area contributed by atoms with Crippen molar-refractivity contribution in [1.82, 2.24) is 10.1 Å². The number of nitrogens with one attached hydrogen (secondary N) is 1. The molecular weight excluding hydrogens is 419 g/mol. The minimum Gasteiger partial charge on any atom is -0.291 e. The van der Waals surface area contributed by atoms with Crippen molar-refractivity contribution in [3.05, 3.63) is 68.4 Å². The van der Waals surface area contributed by atoms with Crippen LogP contribution in [0.3, 0.4) is 0 Å². The Morgan fingerprint density at radius 2 is 2.00 bits per heavy atom. The van der Waals surface area contributed by atoms with Gasteiger partial charge in [0.05, 0.1) is 21.8 Å². The van der Waals surface area contributed by atoms with Crippen LogP contribution in [0.1, 0.15) is 18.7 Å². The SMILES string of the molecule is CSc1n[n+]2c(c(=O)[nH]1)-c1ccccc1N(C(C)=O)[C@H]2c1ccc(Cl)cc1Cl. The highest BCUT2D eigenvalue weighted by molar-refractivity contribution is 7.98. The first-order valence-electron chi connectivity index (χ1n) is 8.36. The van der Waals surface area contributed by atoms with Crippen LogP contribution in [0.25, 0.3) is 11.3 Å². The molecule has 2 heterocycles. The van der Waals surface area contributed by atoms with E-state index >= 15 is 0 Å². The smallest absolute Gasteiger partial charge is 0.291 e. The second-order valence-corrected chi connectivity index (χ2v) is 7.84. The number of aromatic amines is 1. The Labute approximate surface area is 175 Å². The summed E-state index contributed by atoms with van der Waals surface area (Å²) < 4.78 is 1.56. The third kappa shape index (κ3) is 2.99. The molecule has 0 bridgehead atoms. The minimum absolute atomic E-state index is 0.200. The maximum Gasteiger partial charge on any atom is 0.325 e. The van der Waals surface area contributed by atoms with E-state index in [1.165, 1.54) is 18.7 Å². The van der Waals surface area contributed by atoms with Gasteiger partial charge in [-0.15, -0.1) is 0 Å². The molecular formula is C19H15Cl2N4O2S+. The molecule has 142 valence electrons. The molecule has 0 aliphatic carbocycles. The van der Waals surface area contributed by atoms with Crippen molar-refractivity contribution in [3.63, 3.8) is 0 Å². The van der Waals surface area contributed by atoms with E-state index in [-0.39, 0.29) is 11.5 Å². The number of hydrogen-bond donors (Lipinski definition) is 1. The molecule has 0 unspecified atom stereocenters. The molecule has 2 aromatic carbocycles. The highest BCUT2D eigenvalue weighted by Crippen LogP contribution is 2.39. The van der Waals surface area contributed by atoms with E-state index in [9.17, 15) is 9.59 Å². The predicted octanol–water partition coefficient (Wildman–Crippen LogP) is 3.67. The van der Waals surface area contributed by atoms with E-state index in [1.807, 2.05) is 18.4 Å². The van der Waals surface area contributed by atoms with Crippen molar-refractivity contribution >= 4 is 46.6 Å². The van der Waals surface area contributed by atoms with Gasteiger partial charge in [0.25, 0.3) is 6.17 Å². The van der Waals surface area contributed by atoms with E-state index in [0.29, 0.717) is 37.7 Å². The van der Waals surface area contributed by atoms with Crippen LogP contribution in [0.4, 0.5) is 5.69 Å². The van der Waals surface area contributed by atoms with Gasteiger partial charge in [0.1, 0.15) is 0 Å². The van der Waals surface area contributed by atoms with Gasteiger partial charge < -0.3 is 0 Å². The molecule has 9 heteroatoms. The number of hydrogen-bond acceptors (Lipinski definition) is 4. The number of benzene rings is 2. The number of halogens is 2. The molecule has 1 N–H and O–H groups in total. The average molecular weight is 434 g/mol. The van der Waals surface area contributed by atoms with Crippen LogP contribution in [0.2, 0.25) is 10.0 Å². The number of rotatable bonds is 2. The fraction of sp³-hybridized carbons (Fsp3) is 0.158. The summed E-state index contributed by atoms with van der Waals surface area (Å²) in [5.41, 5.74) is 1.94. The summed E-state index contributed by atoms with van der Waals surface area (Å²) in [7, 11) is 0. The standard InChI is InChI=1S/C19H14Cl2N4O2S/c1-10(26)24-15-6-4-3-5-13(15)16-17(27)22-19(28-2)23-25(16)18(24)12-8-7-11(20)9-14(12)21/h3-9,18H,1-2H3/p+1/t18-/m1/s1. The zero-order valence-electron chi connectivity index (χ0n) is 14.9. The Morgan fingerprint density at radius 3 is 2.68 bits per heavy atom. The number of H-pyrrole nitrogens is 1. The third-order valence-electron chi connectivity index (χ3n) is 4.53. The Kier molecular flexibility index (Phi) is 4.91. The van der Waals surface area contributed by atoms with Crippen LogP contribution in [0, 0.1) is 0 Å². The molecule has 1 aliphatic rings. The zero-order chi connectivity index (χ0) is 20.0. The number of fused-ring (bicyclic) bond motifs is 3. The van der Waals surface area contributed by atoms with Crippen molar-refractivity contribution in [1.29, 1.82) is 0 Å². The van der Waals surface area contributed by atoms with Gasteiger partial charge in [-0.2, -0.15) is 0 Å². The maximum absolute atomic E-state index is 12.9. The lowest BCUT2D eigenvalue weighted by atomic mass is 10.0. The minimum atomic E-state index is -0.722. The van der Waals surface area contributed by atoms with E-state index < -0.39 is 6.17 Å². The van der Waals surface area contributed by atoms with E-state index in [0.717, 1.165) is 0 Å². The lowest BCUT2D eigenvalue weighted by Crippen LogP contribution is -2.60. The number of thioether (sulfide) groups is 1.